The lowest BCUT2D eigenvalue weighted by atomic mass is 9.95. The molecule has 1 aliphatic heterocycles. The topological polar surface area (TPSA) is 116 Å². The second-order valence-corrected chi connectivity index (χ2v) is 5.07. The summed E-state index contributed by atoms with van der Waals surface area (Å²) in [5, 5.41) is 23.6. The first-order valence-corrected chi connectivity index (χ1v) is 6.95. The zero-order valence-electron chi connectivity index (χ0n) is 12.2. The third kappa shape index (κ3) is 2.70. The molecule has 0 radical (unpaired) electrons. The van der Waals surface area contributed by atoms with Crippen molar-refractivity contribution in [1.29, 1.82) is 0 Å². The smallest absolute Gasteiger partial charge is 0.339 e. The average Bonchev–Trinajstić information content (AvgIpc) is 2.55. The number of hydrogen-bond acceptors (Lipinski definition) is 5. The molecule has 1 heterocycles. The van der Waals surface area contributed by atoms with Gasteiger partial charge in [0.25, 0.3) is 11.8 Å². The van der Waals surface area contributed by atoms with Gasteiger partial charge in [-0.1, -0.05) is 18.2 Å². The van der Waals surface area contributed by atoms with E-state index in [9.17, 15) is 19.5 Å². The van der Waals surface area contributed by atoms with Gasteiger partial charge in [-0.15, -0.1) is 0 Å². The van der Waals surface area contributed by atoms with Crippen molar-refractivity contribution in [2.24, 2.45) is 0 Å². The maximum Gasteiger partial charge on any atom is 0.339 e. The number of rotatable bonds is 3. The summed E-state index contributed by atoms with van der Waals surface area (Å²) in [4.78, 5) is 34.9. The summed E-state index contributed by atoms with van der Waals surface area (Å²) in [6, 6.07) is 10.6. The molecule has 1 aliphatic rings. The fourth-order valence-electron chi connectivity index (χ4n) is 2.37. The molecule has 120 valence electrons. The summed E-state index contributed by atoms with van der Waals surface area (Å²) in [6.07, 6.45) is 1.39. The molecular formula is C17H12N2O5. The second-order valence-electron chi connectivity index (χ2n) is 5.07. The first-order valence-electron chi connectivity index (χ1n) is 6.95. The van der Waals surface area contributed by atoms with Crippen molar-refractivity contribution in [3.8, 4) is 5.75 Å². The van der Waals surface area contributed by atoms with Crippen molar-refractivity contribution < 1.29 is 24.6 Å². The van der Waals surface area contributed by atoms with Gasteiger partial charge in [0.05, 0.1) is 5.57 Å². The van der Waals surface area contributed by atoms with Crippen LogP contribution in [0.3, 0.4) is 0 Å². The van der Waals surface area contributed by atoms with Crippen LogP contribution in [0.4, 0.5) is 5.69 Å². The minimum atomic E-state index is -1.27. The van der Waals surface area contributed by atoms with Crippen molar-refractivity contribution in [3.63, 3.8) is 0 Å². The Balaban J connectivity index is 1.96. The molecule has 0 unspecified atom stereocenters. The number of benzene rings is 2. The number of carbonyl (C=O) groups is 3. The predicted molar refractivity (Wildman–Crippen MR) is 85.6 cm³/mol. The summed E-state index contributed by atoms with van der Waals surface area (Å²) in [7, 11) is 0. The molecule has 4 N–H and O–H groups in total. The zero-order valence-corrected chi connectivity index (χ0v) is 12.2. The van der Waals surface area contributed by atoms with Crippen LogP contribution in [-0.4, -0.2) is 28.0 Å². The molecule has 0 saturated carbocycles. The predicted octanol–water partition coefficient (Wildman–Crippen LogP) is 1.81. The maximum atomic E-state index is 12.0. The number of aromatic hydroxyl groups is 1. The lowest BCUT2D eigenvalue weighted by Crippen LogP contribution is -2.36. The van der Waals surface area contributed by atoms with Gasteiger partial charge in [-0.3, -0.25) is 14.9 Å². The summed E-state index contributed by atoms with van der Waals surface area (Å²) in [6.45, 7) is 0. The van der Waals surface area contributed by atoms with Gasteiger partial charge in [-0.2, -0.15) is 0 Å². The van der Waals surface area contributed by atoms with Gasteiger partial charge in [0.1, 0.15) is 11.3 Å². The van der Waals surface area contributed by atoms with Crippen LogP contribution < -0.4 is 10.6 Å². The van der Waals surface area contributed by atoms with Crippen molar-refractivity contribution >= 4 is 29.0 Å². The number of fused-ring (bicyclic) bond motifs is 1. The first kappa shape index (κ1) is 15.3. The highest BCUT2D eigenvalue weighted by Crippen LogP contribution is 2.25. The molecule has 0 saturated heterocycles. The van der Waals surface area contributed by atoms with Crippen LogP contribution in [0.2, 0.25) is 0 Å². The van der Waals surface area contributed by atoms with Gasteiger partial charge in [0, 0.05) is 23.0 Å². The van der Waals surface area contributed by atoms with Crippen LogP contribution in [-0.2, 0) is 4.79 Å². The Morgan fingerprint density at radius 3 is 2.46 bits per heavy atom. The second kappa shape index (κ2) is 5.88. The van der Waals surface area contributed by atoms with Crippen molar-refractivity contribution in [2.45, 2.75) is 0 Å². The molecule has 0 bridgehead atoms. The van der Waals surface area contributed by atoms with Crippen LogP contribution in [0.15, 0.2) is 48.7 Å². The number of carbonyl (C=O) groups excluding carboxylic acids is 2. The lowest BCUT2D eigenvalue weighted by Gasteiger charge is -2.18. The third-order valence-electron chi connectivity index (χ3n) is 3.54. The number of imide groups is 1. The summed E-state index contributed by atoms with van der Waals surface area (Å²) >= 11 is 0. The van der Waals surface area contributed by atoms with Crippen LogP contribution in [0.5, 0.6) is 5.75 Å². The van der Waals surface area contributed by atoms with Gasteiger partial charge in [0.2, 0.25) is 0 Å². The Labute approximate surface area is 136 Å². The van der Waals surface area contributed by atoms with E-state index in [0.717, 1.165) is 0 Å². The SMILES string of the molecule is O=C1NC(=O)c2ccccc2C1=CNc1ccc(O)c(C(=O)O)c1. The summed E-state index contributed by atoms with van der Waals surface area (Å²) in [5.74, 6) is -2.64. The van der Waals surface area contributed by atoms with Crippen LogP contribution in [0, 0.1) is 0 Å². The molecule has 0 aliphatic carbocycles. The van der Waals surface area contributed by atoms with E-state index in [0.29, 0.717) is 16.8 Å². The van der Waals surface area contributed by atoms with E-state index < -0.39 is 17.8 Å². The number of anilines is 1. The van der Waals surface area contributed by atoms with Crippen molar-refractivity contribution in [1.82, 2.24) is 5.32 Å². The van der Waals surface area contributed by atoms with E-state index in [-0.39, 0.29) is 16.9 Å². The Bertz CT molecular complexity index is 902. The average molecular weight is 324 g/mol. The number of carboxylic acid groups (broad SMARTS) is 1. The molecule has 2 amide bonds. The van der Waals surface area contributed by atoms with Gasteiger partial charge in [-0.25, -0.2) is 4.79 Å². The van der Waals surface area contributed by atoms with Gasteiger partial charge < -0.3 is 15.5 Å². The van der Waals surface area contributed by atoms with Crippen LogP contribution >= 0.6 is 0 Å². The van der Waals surface area contributed by atoms with Gasteiger partial charge in [-0.05, 0) is 24.3 Å². The quantitative estimate of drug-likeness (QED) is 0.389. The number of aromatic carboxylic acids is 1. The molecular weight excluding hydrogens is 312 g/mol. The lowest BCUT2D eigenvalue weighted by molar-refractivity contribution is -0.114. The minimum Gasteiger partial charge on any atom is -0.507 e. The molecule has 0 atom stereocenters. The number of amides is 2. The third-order valence-corrected chi connectivity index (χ3v) is 3.54. The Morgan fingerprint density at radius 2 is 1.75 bits per heavy atom. The molecule has 2 aromatic rings. The first-order chi connectivity index (χ1) is 11.5. The van der Waals surface area contributed by atoms with E-state index >= 15 is 0 Å². The normalized spacial score (nSPS) is 14.9. The van der Waals surface area contributed by atoms with E-state index in [1.165, 1.54) is 24.4 Å². The van der Waals surface area contributed by atoms with Crippen LogP contribution in [0.1, 0.15) is 26.3 Å². The van der Waals surface area contributed by atoms with E-state index in [1.54, 1.807) is 24.3 Å². The number of phenols is 1. The zero-order chi connectivity index (χ0) is 17.3. The molecule has 2 aromatic carbocycles. The Kier molecular flexibility index (Phi) is 3.75. The molecule has 7 nitrogen and oxygen atoms in total. The van der Waals surface area contributed by atoms with Gasteiger partial charge >= 0.3 is 5.97 Å². The monoisotopic (exact) mass is 324 g/mol. The fourth-order valence-corrected chi connectivity index (χ4v) is 2.37. The highest BCUT2D eigenvalue weighted by atomic mass is 16.4. The van der Waals surface area contributed by atoms with Crippen molar-refractivity contribution in [3.05, 3.63) is 65.4 Å². The number of nitrogens with one attached hydrogen (secondary N) is 2. The van der Waals surface area contributed by atoms with E-state index in [4.69, 9.17) is 5.11 Å². The van der Waals surface area contributed by atoms with Gasteiger partial charge in [0.15, 0.2) is 0 Å². The highest BCUT2D eigenvalue weighted by molar-refractivity contribution is 6.31. The molecule has 24 heavy (non-hydrogen) atoms. The molecule has 0 spiro atoms. The van der Waals surface area contributed by atoms with E-state index in [1.807, 2.05) is 0 Å². The number of carboxylic acids is 1. The Morgan fingerprint density at radius 1 is 1.04 bits per heavy atom. The largest absolute Gasteiger partial charge is 0.507 e. The number of hydrogen-bond donors (Lipinski definition) is 4. The molecule has 7 heteroatoms. The molecule has 3 rings (SSSR count). The highest BCUT2D eigenvalue weighted by Gasteiger charge is 2.26. The van der Waals surface area contributed by atoms with Crippen LogP contribution in [0.25, 0.3) is 5.57 Å². The van der Waals surface area contributed by atoms with E-state index in [2.05, 4.69) is 10.6 Å². The van der Waals surface area contributed by atoms with Crippen molar-refractivity contribution in [2.75, 3.05) is 5.32 Å². The minimum absolute atomic E-state index is 0.246. The standard InChI is InChI=1S/C17H12N2O5/c20-14-6-5-9(7-12(14)17(23)24)18-8-13-10-3-1-2-4-11(10)15(21)19-16(13)22/h1-8,18,20H,(H,23,24)(H,19,21,22). The summed E-state index contributed by atoms with van der Waals surface area (Å²) < 4.78 is 0. The summed E-state index contributed by atoms with van der Waals surface area (Å²) in [5.41, 5.74) is 1.22. The fraction of sp³-hybridized carbons (Fsp3) is 0. The Hall–Kier alpha value is -3.61. The molecule has 0 fully saturated rings. The maximum absolute atomic E-state index is 12.0. The molecule has 0 aromatic heterocycles.